The van der Waals surface area contributed by atoms with Crippen molar-refractivity contribution >= 4 is 23.6 Å². The van der Waals surface area contributed by atoms with E-state index in [1.54, 1.807) is 0 Å². The summed E-state index contributed by atoms with van der Waals surface area (Å²) in [6, 6.07) is 6.18. The van der Waals surface area contributed by atoms with Crippen LogP contribution >= 0.6 is 11.8 Å². The minimum atomic E-state index is -0.115. The average molecular weight is 430 g/mol. The minimum Gasteiger partial charge on any atom is -0.486 e. The summed E-state index contributed by atoms with van der Waals surface area (Å²) in [6.45, 7) is 5.19. The van der Waals surface area contributed by atoms with Crippen LogP contribution in [0, 0.1) is 0 Å². The smallest absolute Gasteiger partial charge is 0.230 e. The molecule has 1 amide bonds. The SMILES string of the molecule is CC(NC(=O)CSc1nnc(N2CCCC2)n1C1CC1)c1ccc2c(c1)OCCO2. The molecule has 1 N–H and O–H groups in total. The van der Waals surface area contributed by atoms with Crippen molar-refractivity contribution in [3.05, 3.63) is 23.8 Å². The van der Waals surface area contributed by atoms with Crippen LogP contribution in [-0.4, -0.2) is 52.7 Å². The van der Waals surface area contributed by atoms with E-state index in [1.165, 1.54) is 37.4 Å². The van der Waals surface area contributed by atoms with Gasteiger partial charge in [0.2, 0.25) is 11.9 Å². The number of aromatic nitrogens is 3. The van der Waals surface area contributed by atoms with Gasteiger partial charge >= 0.3 is 0 Å². The van der Waals surface area contributed by atoms with Crippen LogP contribution in [0.3, 0.4) is 0 Å². The summed E-state index contributed by atoms with van der Waals surface area (Å²) in [7, 11) is 0. The number of hydrogen-bond acceptors (Lipinski definition) is 7. The maximum Gasteiger partial charge on any atom is 0.230 e. The van der Waals surface area contributed by atoms with Crippen LogP contribution in [0.15, 0.2) is 23.4 Å². The molecule has 0 radical (unpaired) electrons. The number of thioether (sulfide) groups is 1. The van der Waals surface area contributed by atoms with Gasteiger partial charge in [0.1, 0.15) is 13.2 Å². The summed E-state index contributed by atoms with van der Waals surface area (Å²) in [5.41, 5.74) is 0.995. The van der Waals surface area contributed by atoms with Crippen LogP contribution in [0.25, 0.3) is 0 Å². The molecule has 9 heteroatoms. The third-order valence-corrected chi connectivity index (χ3v) is 6.67. The van der Waals surface area contributed by atoms with Gasteiger partial charge in [-0.2, -0.15) is 0 Å². The molecule has 1 saturated heterocycles. The largest absolute Gasteiger partial charge is 0.486 e. The van der Waals surface area contributed by atoms with E-state index in [9.17, 15) is 4.79 Å². The molecule has 160 valence electrons. The standard InChI is InChI=1S/C21H27N5O3S/c1-14(15-4-7-17-18(12-15)29-11-10-28-17)22-19(27)13-30-21-24-23-20(25-8-2-3-9-25)26(21)16-5-6-16/h4,7,12,14,16H,2-3,5-6,8-11,13H2,1H3,(H,22,27). The molecule has 2 fully saturated rings. The van der Waals surface area contributed by atoms with E-state index in [1.807, 2.05) is 25.1 Å². The lowest BCUT2D eigenvalue weighted by Gasteiger charge is -2.21. The number of amides is 1. The van der Waals surface area contributed by atoms with Crippen molar-refractivity contribution in [1.29, 1.82) is 0 Å². The van der Waals surface area contributed by atoms with Gasteiger partial charge in [-0.05, 0) is 50.3 Å². The van der Waals surface area contributed by atoms with Crippen LogP contribution in [0.4, 0.5) is 5.95 Å². The van der Waals surface area contributed by atoms with E-state index in [2.05, 4.69) is 25.0 Å². The Kier molecular flexibility index (Phi) is 5.45. The van der Waals surface area contributed by atoms with Gasteiger partial charge < -0.3 is 19.7 Å². The highest BCUT2D eigenvalue weighted by Crippen LogP contribution is 2.41. The third-order valence-electron chi connectivity index (χ3n) is 5.72. The molecular formula is C21H27N5O3S. The summed E-state index contributed by atoms with van der Waals surface area (Å²) < 4.78 is 13.5. The van der Waals surface area contributed by atoms with Crippen LogP contribution in [0.5, 0.6) is 11.5 Å². The normalized spacial score (nSPS) is 19.0. The number of anilines is 1. The van der Waals surface area contributed by atoms with Crippen LogP contribution in [-0.2, 0) is 4.79 Å². The second-order valence-corrected chi connectivity index (χ2v) is 9.00. The molecule has 2 aliphatic heterocycles. The van der Waals surface area contributed by atoms with Crippen molar-refractivity contribution in [1.82, 2.24) is 20.1 Å². The Balaban J connectivity index is 1.20. The predicted molar refractivity (Wildman–Crippen MR) is 114 cm³/mol. The van der Waals surface area contributed by atoms with Crippen molar-refractivity contribution in [2.24, 2.45) is 0 Å². The van der Waals surface area contributed by atoms with E-state index in [-0.39, 0.29) is 11.9 Å². The fourth-order valence-corrected chi connectivity index (χ4v) is 4.79. The first-order valence-electron chi connectivity index (χ1n) is 10.7. The second kappa shape index (κ2) is 8.37. The first kappa shape index (κ1) is 19.5. The van der Waals surface area contributed by atoms with E-state index >= 15 is 0 Å². The van der Waals surface area contributed by atoms with Crippen molar-refractivity contribution in [2.75, 3.05) is 37.0 Å². The maximum atomic E-state index is 12.6. The Morgan fingerprint density at radius 2 is 1.97 bits per heavy atom. The van der Waals surface area contributed by atoms with E-state index < -0.39 is 0 Å². The maximum absolute atomic E-state index is 12.6. The monoisotopic (exact) mass is 429 g/mol. The first-order valence-corrected chi connectivity index (χ1v) is 11.7. The topological polar surface area (TPSA) is 81.5 Å². The quantitative estimate of drug-likeness (QED) is 0.678. The summed E-state index contributed by atoms with van der Waals surface area (Å²) in [5, 5.41) is 12.8. The number of rotatable bonds is 7. The number of carbonyl (C=O) groups excluding carboxylic acids is 1. The molecule has 5 rings (SSSR count). The van der Waals surface area contributed by atoms with E-state index in [0.29, 0.717) is 25.0 Å². The first-order chi connectivity index (χ1) is 14.7. The molecule has 0 spiro atoms. The number of nitrogens with one attached hydrogen (secondary N) is 1. The number of carbonyl (C=O) groups is 1. The van der Waals surface area contributed by atoms with Gasteiger partial charge in [0.25, 0.3) is 0 Å². The Morgan fingerprint density at radius 1 is 1.20 bits per heavy atom. The van der Waals surface area contributed by atoms with Gasteiger partial charge in [0.15, 0.2) is 16.7 Å². The molecule has 1 saturated carbocycles. The summed E-state index contributed by atoms with van der Waals surface area (Å²) in [6.07, 6.45) is 4.75. The number of ether oxygens (including phenoxy) is 2. The molecule has 1 aromatic heterocycles. The highest BCUT2D eigenvalue weighted by molar-refractivity contribution is 7.99. The van der Waals surface area contributed by atoms with E-state index in [0.717, 1.165) is 41.3 Å². The second-order valence-electron chi connectivity index (χ2n) is 8.06. The molecule has 0 bridgehead atoms. The number of hydrogen-bond donors (Lipinski definition) is 1. The van der Waals surface area contributed by atoms with Crippen molar-refractivity contribution in [3.63, 3.8) is 0 Å². The Bertz CT molecular complexity index is 923. The Hall–Kier alpha value is -2.42. The lowest BCUT2D eigenvalue weighted by molar-refractivity contribution is -0.119. The molecule has 3 heterocycles. The van der Waals surface area contributed by atoms with Gasteiger partial charge in [0, 0.05) is 19.1 Å². The van der Waals surface area contributed by atoms with Gasteiger partial charge in [-0.3, -0.25) is 9.36 Å². The Morgan fingerprint density at radius 3 is 2.73 bits per heavy atom. The van der Waals surface area contributed by atoms with Crippen molar-refractivity contribution < 1.29 is 14.3 Å². The molecular weight excluding hydrogens is 402 g/mol. The fourth-order valence-electron chi connectivity index (χ4n) is 3.98. The van der Waals surface area contributed by atoms with E-state index in [4.69, 9.17) is 9.47 Å². The van der Waals surface area contributed by atoms with Gasteiger partial charge in [-0.15, -0.1) is 10.2 Å². The lowest BCUT2D eigenvalue weighted by Crippen LogP contribution is -2.28. The van der Waals surface area contributed by atoms with Crippen molar-refractivity contribution in [3.8, 4) is 11.5 Å². The van der Waals surface area contributed by atoms with Gasteiger partial charge in [-0.1, -0.05) is 17.8 Å². The minimum absolute atomic E-state index is 0.0181. The fraction of sp³-hybridized carbons (Fsp3) is 0.571. The highest BCUT2D eigenvalue weighted by atomic mass is 32.2. The molecule has 1 aromatic carbocycles. The number of nitrogens with zero attached hydrogens (tertiary/aromatic N) is 4. The molecule has 3 aliphatic rings. The third kappa shape index (κ3) is 4.08. The zero-order valence-corrected chi connectivity index (χ0v) is 18.0. The molecule has 1 aliphatic carbocycles. The molecule has 1 atom stereocenters. The summed E-state index contributed by atoms with van der Waals surface area (Å²) in [4.78, 5) is 14.9. The Labute approximate surface area is 180 Å². The summed E-state index contributed by atoms with van der Waals surface area (Å²) >= 11 is 1.47. The zero-order chi connectivity index (χ0) is 20.5. The number of benzene rings is 1. The molecule has 8 nitrogen and oxygen atoms in total. The molecule has 1 unspecified atom stereocenters. The van der Waals surface area contributed by atoms with Gasteiger partial charge in [0.05, 0.1) is 11.8 Å². The number of fused-ring (bicyclic) bond motifs is 1. The van der Waals surface area contributed by atoms with Crippen LogP contribution in [0.2, 0.25) is 0 Å². The molecule has 30 heavy (non-hydrogen) atoms. The predicted octanol–water partition coefficient (Wildman–Crippen LogP) is 2.95. The average Bonchev–Trinajstić information content (AvgIpc) is 3.28. The highest BCUT2D eigenvalue weighted by Gasteiger charge is 2.32. The summed E-state index contributed by atoms with van der Waals surface area (Å²) in [5.74, 6) is 2.77. The van der Waals surface area contributed by atoms with Crippen molar-refractivity contribution in [2.45, 2.75) is 49.8 Å². The molecule has 2 aromatic rings. The zero-order valence-electron chi connectivity index (χ0n) is 17.2. The van der Waals surface area contributed by atoms with Gasteiger partial charge in [-0.25, -0.2) is 0 Å². The van der Waals surface area contributed by atoms with Crippen LogP contribution in [0.1, 0.15) is 50.3 Å². The van der Waals surface area contributed by atoms with Crippen LogP contribution < -0.4 is 19.7 Å². The lowest BCUT2D eigenvalue weighted by atomic mass is 10.1.